The third-order valence-electron chi connectivity index (χ3n) is 2.46. The van der Waals surface area contributed by atoms with E-state index in [0.717, 1.165) is 17.1 Å². The molecule has 1 atom stereocenters. The van der Waals surface area contributed by atoms with Crippen LogP contribution in [0.5, 0.6) is 0 Å². The van der Waals surface area contributed by atoms with Crippen LogP contribution >= 0.6 is 0 Å². The molecule has 0 bridgehead atoms. The van der Waals surface area contributed by atoms with Crippen molar-refractivity contribution in [3.05, 3.63) is 54.4 Å². The van der Waals surface area contributed by atoms with Crippen molar-refractivity contribution < 1.29 is 0 Å². The molecule has 1 heterocycles. The Kier molecular flexibility index (Phi) is 3.05. The highest BCUT2D eigenvalue weighted by Crippen LogP contribution is 2.22. The lowest BCUT2D eigenvalue weighted by Crippen LogP contribution is -2.09. The maximum Gasteiger partial charge on any atom is 0.0657 e. The summed E-state index contributed by atoms with van der Waals surface area (Å²) in [5.41, 5.74) is 8.57. The molecule has 3 N–H and O–H groups in total. The molecule has 1 aromatic carbocycles. The lowest BCUT2D eigenvalue weighted by molar-refractivity contribution is 0.840. The summed E-state index contributed by atoms with van der Waals surface area (Å²) in [5, 5.41) is 3.34. The summed E-state index contributed by atoms with van der Waals surface area (Å²) < 4.78 is 0. The Bertz CT molecular complexity index is 454. The topological polar surface area (TPSA) is 50.9 Å². The number of nitrogens with one attached hydrogen (secondary N) is 1. The van der Waals surface area contributed by atoms with Gasteiger partial charge in [0.15, 0.2) is 0 Å². The van der Waals surface area contributed by atoms with E-state index < -0.39 is 0 Å². The highest BCUT2D eigenvalue weighted by atomic mass is 15.0. The maximum absolute atomic E-state index is 5.86. The van der Waals surface area contributed by atoms with Crippen LogP contribution in [0, 0.1) is 0 Å². The van der Waals surface area contributed by atoms with Gasteiger partial charge in [0.1, 0.15) is 0 Å². The molecule has 0 saturated carbocycles. The number of nitrogens with two attached hydrogens (primary N) is 1. The summed E-state index contributed by atoms with van der Waals surface area (Å²) in [4.78, 5) is 4.30. The molecule has 0 aliphatic rings. The lowest BCUT2D eigenvalue weighted by atomic mass is 10.2. The molecular weight excluding hydrogens is 198 g/mol. The van der Waals surface area contributed by atoms with Crippen molar-refractivity contribution >= 4 is 11.4 Å². The fourth-order valence-corrected chi connectivity index (χ4v) is 1.57. The van der Waals surface area contributed by atoms with Gasteiger partial charge in [-0.05, 0) is 31.2 Å². The second-order valence-corrected chi connectivity index (χ2v) is 3.71. The van der Waals surface area contributed by atoms with Crippen molar-refractivity contribution in [3.63, 3.8) is 0 Å². The normalized spacial score (nSPS) is 12.1. The number of nitrogens with zero attached hydrogens (tertiary/aromatic N) is 1. The van der Waals surface area contributed by atoms with E-state index in [-0.39, 0.29) is 6.04 Å². The quantitative estimate of drug-likeness (QED) is 0.771. The van der Waals surface area contributed by atoms with Crippen LogP contribution in [0.2, 0.25) is 0 Å². The zero-order valence-corrected chi connectivity index (χ0v) is 9.22. The molecule has 0 aliphatic heterocycles. The molecule has 0 aliphatic carbocycles. The second kappa shape index (κ2) is 4.66. The number of anilines is 2. The smallest absolute Gasteiger partial charge is 0.0657 e. The van der Waals surface area contributed by atoms with Crippen LogP contribution in [0.3, 0.4) is 0 Å². The Morgan fingerprint density at radius 1 is 1.12 bits per heavy atom. The van der Waals surface area contributed by atoms with Crippen molar-refractivity contribution in [1.29, 1.82) is 0 Å². The summed E-state index contributed by atoms with van der Waals surface area (Å²) in [6.07, 6.45) is 1.79. The third-order valence-corrected chi connectivity index (χ3v) is 2.46. The zero-order valence-electron chi connectivity index (χ0n) is 9.22. The molecule has 3 nitrogen and oxygen atoms in total. The van der Waals surface area contributed by atoms with Gasteiger partial charge in [-0.3, -0.25) is 4.98 Å². The monoisotopic (exact) mass is 213 g/mol. The number of para-hydroxylation sites is 2. The van der Waals surface area contributed by atoms with E-state index >= 15 is 0 Å². The van der Waals surface area contributed by atoms with Crippen LogP contribution in [0.1, 0.15) is 18.7 Å². The minimum atomic E-state index is 0.144. The number of hydrogen-bond donors (Lipinski definition) is 2. The van der Waals surface area contributed by atoms with Gasteiger partial charge in [0.25, 0.3) is 0 Å². The Balaban J connectivity index is 2.14. The van der Waals surface area contributed by atoms with Gasteiger partial charge >= 0.3 is 0 Å². The molecule has 0 spiro atoms. The first kappa shape index (κ1) is 10.5. The Morgan fingerprint density at radius 3 is 2.56 bits per heavy atom. The minimum Gasteiger partial charge on any atom is -0.397 e. The van der Waals surface area contributed by atoms with Crippen molar-refractivity contribution in [1.82, 2.24) is 4.98 Å². The standard InChI is InChI=1S/C13H15N3/c1-10(12-7-4-5-9-15-12)16-13-8-3-2-6-11(13)14/h2-10,16H,14H2,1H3. The van der Waals surface area contributed by atoms with Crippen LogP contribution in [-0.4, -0.2) is 4.98 Å². The van der Waals surface area contributed by atoms with Gasteiger partial charge in [-0.15, -0.1) is 0 Å². The number of pyridine rings is 1. The first-order valence-electron chi connectivity index (χ1n) is 5.29. The van der Waals surface area contributed by atoms with E-state index in [4.69, 9.17) is 5.73 Å². The molecule has 2 rings (SSSR count). The molecule has 3 heteroatoms. The first-order valence-corrected chi connectivity index (χ1v) is 5.29. The zero-order chi connectivity index (χ0) is 11.4. The maximum atomic E-state index is 5.86. The van der Waals surface area contributed by atoms with Crippen molar-refractivity contribution in [2.24, 2.45) is 0 Å². The lowest BCUT2D eigenvalue weighted by Gasteiger charge is -2.15. The van der Waals surface area contributed by atoms with E-state index in [1.54, 1.807) is 6.20 Å². The van der Waals surface area contributed by atoms with Gasteiger partial charge in [0.2, 0.25) is 0 Å². The first-order chi connectivity index (χ1) is 7.77. The summed E-state index contributed by atoms with van der Waals surface area (Å²) in [5.74, 6) is 0. The number of hydrogen-bond acceptors (Lipinski definition) is 3. The molecular formula is C13H15N3. The average Bonchev–Trinajstić information content (AvgIpc) is 2.33. The Morgan fingerprint density at radius 2 is 1.88 bits per heavy atom. The second-order valence-electron chi connectivity index (χ2n) is 3.71. The predicted octanol–water partition coefficient (Wildman–Crippen LogP) is 2.84. The van der Waals surface area contributed by atoms with E-state index in [9.17, 15) is 0 Å². The molecule has 16 heavy (non-hydrogen) atoms. The van der Waals surface area contributed by atoms with Gasteiger partial charge in [0.05, 0.1) is 23.1 Å². The molecule has 1 unspecified atom stereocenters. The Labute approximate surface area is 95.3 Å². The van der Waals surface area contributed by atoms with Gasteiger partial charge in [-0.25, -0.2) is 0 Å². The minimum absolute atomic E-state index is 0.144. The van der Waals surface area contributed by atoms with Gasteiger partial charge < -0.3 is 11.1 Å². The molecule has 1 aromatic heterocycles. The summed E-state index contributed by atoms with van der Waals surface area (Å²) in [6, 6.07) is 13.8. The van der Waals surface area contributed by atoms with Crippen molar-refractivity contribution in [3.8, 4) is 0 Å². The number of nitrogen functional groups attached to an aromatic ring is 1. The largest absolute Gasteiger partial charge is 0.397 e. The number of aromatic nitrogens is 1. The highest BCUT2D eigenvalue weighted by Gasteiger charge is 2.06. The molecule has 0 amide bonds. The van der Waals surface area contributed by atoms with Crippen LogP contribution in [0.15, 0.2) is 48.7 Å². The van der Waals surface area contributed by atoms with E-state index in [0.29, 0.717) is 0 Å². The van der Waals surface area contributed by atoms with Crippen LogP contribution in [-0.2, 0) is 0 Å². The summed E-state index contributed by atoms with van der Waals surface area (Å²) in [6.45, 7) is 2.06. The van der Waals surface area contributed by atoms with Crippen molar-refractivity contribution in [2.45, 2.75) is 13.0 Å². The van der Waals surface area contributed by atoms with E-state index in [1.165, 1.54) is 0 Å². The van der Waals surface area contributed by atoms with Crippen LogP contribution in [0.4, 0.5) is 11.4 Å². The molecule has 82 valence electrons. The third kappa shape index (κ3) is 2.31. The van der Waals surface area contributed by atoms with Crippen LogP contribution < -0.4 is 11.1 Å². The number of rotatable bonds is 3. The molecule has 0 saturated heterocycles. The number of benzene rings is 1. The fraction of sp³-hybridized carbons (Fsp3) is 0.154. The van der Waals surface area contributed by atoms with Gasteiger partial charge in [0, 0.05) is 6.20 Å². The Hall–Kier alpha value is -2.03. The van der Waals surface area contributed by atoms with E-state index in [1.807, 2.05) is 42.5 Å². The predicted molar refractivity (Wildman–Crippen MR) is 67.1 cm³/mol. The highest BCUT2D eigenvalue weighted by molar-refractivity contribution is 5.66. The molecule has 0 radical (unpaired) electrons. The van der Waals surface area contributed by atoms with E-state index in [2.05, 4.69) is 17.2 Å². The summed E-state index contributed by atoms with van der Waals surface area (Å²) >= 11 is 0. The SMILES string of the molecule is CC(Nc1ccccc1N)c1ccccn1. The van der Waals surface area contributed by atoms with Gasteiger partial charge in [-0.1, -0.05) is 18.2 Å². The average molecular weight is 213 g/mol. The van der Waals surface area contributed by atoms with Crippen molar-refractivity contribution in [2.75, 3.05) is 11.1 Å². The van der Waals surface area contributed by atoms with Crippen LogP contribution in [0.25, 0.3) is 0 Å². The fourth-order valence-electron chi connectivity index (χ4n) is 1.57. The van der Waals surface area contributed by atoms with Gasteiger partial charge in [-0.2, -0.15) is 0 Å². The molecule has 2 aromatic rings. The summed E-state index contributed by atoms with van der Waals surface area (Å²) in [7, 11) is 0. The molecule has 0 fully saturated rings.